The molecule has 2 N–H and O–H groups in total. The average molecular weight is 388 g/mol. The minimum atomic E-state index is 0.750. The van der Waals surface area contributed by atoms with E-state index in [1.165, 1.54) is 16.8 Å². The molecule has 0 aromatic heterocycles. The molecule has 0 aliphatic carbocycles. The minimum Gasteiger partial charge on any atom is -0.369 e. The van der Waals surface area contributed by atoms with Gasteiger partial charge in [-0.15, -0.1) is 0 Å². The first-order valence-corrected chi connectivity index (χ1v) is 9.55. The molecule has 1 heterocycles. The van der Waals surface area contributed by atoms with Crippen molar-refractivity contribution in [1.29, 1.82) is 0 Å². The maximum absolute atomic E-state index is 5.70. The largest absolute Gasteiger partial charge is 0.369 e. The van der Waals surface area contributed by atoms with E-state index in [0.29, 0.717) is 0 Å². The average Bonchev–Trinajstić information content (AvgIpc) is 2.62. The van der Waals surface area contributed by atoms with Gasteiger partial charge in [0.05, 0.1) is 0 Å². The molecule has 0 radical (unpaired) electrons. The van der Waals surface area contributed by atoms with Crippen molar-refractivity contribution in [3.63, 3.8) is 0 Å². The number of halogens is 1. The third-order valence-electron chi connectivity index (χ3n) is 4.66. The van der Waals surface area contributed by atoms with Crippen LogP contribution in [0.15, 0.2) is 53.0 Å². The van der Waals surface area contributed by atoms with E-state index in [9.17, 15) is 0 Å². The predicted octanol–water partition coefficient (Wildman–Crippen LogP) is 3.66. The highest BCUT2D eigenvalue weighted by molar-refractivity contribution is 9.10. The lowest BCUT2D eigenvalue weighted by atomic mass is 10.1. The molecule has 1 aliphatic rings. The van der Waals surface area contributed by atoms with Crippen molar-refractivity contribution in [2.75, 3.05) is 37.6 Å². The van der Waals surface area contributed by atoms with Crippen molar-refractivity contribution in [1.82, 2.24) is 4.90 Å². The Morgan fingerprint density at radius 2 is 1.71 bits per heavy atom. The Kier molecular flexibility index (Phi) is 6.30. The van der Waals surface area contributed by atoms with E-state index in [1.54, 1.807) is 0 Å². The maximum Gasteiger partial charge on any atom is 0.0410 e. The summed E-state index contributed by atoms with van der Waals surface area (Å²) >= 11 is 3.63. The lowest BCUT2D eigenvalue weighted by molar-refractivity contribution is 0.249. The first-order chi connectivity index (χ1) is 11.8. The van der Waals surface area contributed by atoms with E-state index in [0.717, 1.165) is 56.6 Å². The van der Waals surface area contributed by atoms with Gasteiger partial charge in [0.2, 0.25) is 0 Å². The standard InChI is InChI=1S/C20H26BrN3/c21-19-9-8-18(7-4-10-22)20(15-19)24-13-11-23(12-14-24)16-17-5-2-1-3-6-17/h1-3,5-6,8-9,15H,4,7,10-14,16,22H2. The highest BCUT2D eigenvalue weighted by Gasteiger charge is 2.19. The Morgan fingerprint density at radius 3 is 2.42 bits per heavy atom. The van der Waals surface area contributed by atoms with Gasteiger partial charge >= 0.3 is 0 Å². The van der Waals surface area contributed by atoms with Crippen LogP contribution in [0.5, 0.6) is 0 Å². The van der Waals surface area contributed by atoms with Crippen LogP contribution in [0.1, 0.15) is 17.5 Å². The van der Waals surface area contributed by atoms with Gasteiger partial charge in [0.1, 0.15) is 0 Å². The van der Waals surface area contributed by atoms with Crippen LogP contribution in [0.4, 0.5) is 5.69 Å². The zero-order valence-corrected chi connectivity index (χ0v) is 15.7. The summed E-state index contributed by atoms with van der Waals surface area (Å²) in [4.78, 5) is 5.07. The second-order valence-electron chi connectivity index (χ2n) is 6.41. The molecule has 1 fully saturated rings. The fourth-order valence-electron chi connectivity index (χ4n) is 3.32. The van der Waals surface area contributed by atoms with Crippen molar-refractivity contribution in [2.24, 2.45) is 5.73 Å². The Bertz CT molecular complexity index is 637. The molecule has 0 spiro atoms. The van der Waals surface area contributed by atoms with Crippen LogP contribution in [-0.2, 0) is 13.0 Å². The van der Waals surface area contributed by atoms with Crippen LogP contribution in [0.3, 0.4) is 0 Å². The molecule has 3 rings (SSSR count). The number of nitrogens with two attached hydrogens (primary N) is 1. The molecule has 2 aromatic rings. The van der Waals surface area contributed by atoms with Crippen LogP contribution >= 0.6 is 15.9 Å². The molecular weight excluding hydrogens is 362 g/mol. The van der Waals surface area contributed by atoms with Crippen molar-refractivity contribution >= 4 is 21.6 Å². The Morgan fingerprint density at radius 1 is 0.958 bits per heavy atom. The summed E-state index contributed by atoms with van der Waals surface area (Å²) in [5, 5.41) is 0. The number of hydrogen-bond donors (Lipinski definition) is 1. The number of nitrogens with zero attached hydrogens (tertiary/aromatic N) is 2. The lowest BCUT2D eigenvalue weighted by Gasteiger charge is -2.37. The molecule has 0 amide bonds. The monoisotopic (exact) mass is 387 g/mol. The van der Waals surface area contributed by atoms with E-state index in [1.807, 2.05) is 0 Å². The first-order valence-electron chi connectivity index (χ1n) is 8.76. The summed E-state index contributed by atoms with van der Waals surface area (Å²) in [5.41, 5.74) is 9.89. The van der Waals surface area contributed by atoms with Crippen molar-refractivity contribution < 1.29 is 0 Å². The summed E-state index contributed by atoms with van der Waals surface area (Å²) < 4.78 is 1.15. The Hall–Kier alpha value is -1.36. The molecule has 0 saturated carbocycles. The van der Waals surface area contributed by atoms with Gasteiger partial charge in [0.25, 0.3) is 0 Å². The van der Waals surface area contributed by atoms with Gasteiger partial charge in [-0.25, -0.2) is 0 Å². The molecule has 128 valence electrons. The highest BCUT2D eigenvalue weighted by atomic mass is 79.9. The smallest absolute Gasteiger partial charge is 0.0410 e. The highest BCUT2D eigenvalue weighted by Crippen LogP contribution is 2.27. The molecule has 0 bridgehead atoms. The lowest BCUT2D eigenvalue weighted by Crippen LogP contribution is -2.46. The zero-order chi connectivity index (χ0) is 16.8. The molecule has 3 nitrogen and oxygen atoms in total. The fourth-order valence-corrected chi connectivity index (χ4v) is 3.67. The maximum atomic E-state index is 5.70. The second kappa shape index (κ2) is 8.65. The first kappa shape index (κ1) is 17.5. The van der Waals surface area contributed by atoms with Crippen LogP contribution in [0.2, 0.25) is 0 Å². The number of piperazine rings is 1. The van der Waals surface area contributed by atoms with E-state index in [4.69, 9.17) is 5.73 Å². The zero-order valence-electron chi connectivity index (χ0n) is 14.1. The number of hydrogen-bond acceptors (Lipinski definition) is 3. The summed E-state index contributed by atoms with van der Waals surface area (Å²) in [6.45, 7) is 6.18. The van der Waals surface area contributed by atoms with Gasteiger partial charge in [0.15, 0.2) is 0 Å². The van der Waals surface area contributed by atoms with Crippen molar-refractivity contribution in [2.45, 2.75) is 19.4 Å². The molecule has 1 saturated heterocycles. The Balaban J connectivity index is 1.63. The van der Waals surface area contributed by atoms with Gasteiger partial charge in [-0.3, -0.25) is 4.90 Å². The summed E-state index contributed by atoms with van der Waals surface area (Å²) in [6, 6.07) is 17.4. The van der Waals surface area contributed by atoms with Gasteiger partial charge in [-0.2, -0.15) is 0 Å². The number of benzene rings is 2. The quantitative estimate of drug-likeness (QED) is 0.820. The van der Waals surface area contributed by atoms with Crippen molar-refractivity contribution in [3.8, 4) is 0 Å². The minimum absolute atomic E-state index is 0.750. The van der Waals surface area contributed by atoms with E-state index >= 15 is 0 Å². The number of aryl methyl sites for hydroxylation is 1. The fraction of sp³-hybridized carbons (Fsp3) is 0.400. The van der Waals surface area contributed by atoms with Crippen LogP contribution in [-0.4, -0.2) is 37.6 Å². The second-order valence-corrected chi connectivity index (χ2v) is 7.33. The van der Waals surface area contributed by atoms with Crippen LogP contribution < -0.4 is 10.6 Å². The number of anilines is 1. The van der Waals surface area contributed by atoms with Crippen molar-refractivity contribution in [3.05, 3.63) is 64.1 Å². The van der Waals surface area contributed by atoms with E-state index in [-0.39, 0.29) is 0 Å². The van der Waals surface area contributed by atoms with Gasteiger partial charge < -0.3 is 10.6 Å². The van der Waals surface area contributed by atoms with E-state index in [2.05, 4.69) is 74.3 Å². The van der Waals surface area contributed by atoms with E-state index < -0.39 is 0 Å². The Labute approximate surface area is 153 Å². The van der Waals surface area contributed by atoms with Gasteiger partial charge in [-0.1, -0.05) is 52.3 Å². The molecule has 4 heteroatoms. The third-order valence-corrected chi connectivity index (χ3v) is 5.15. The summed E-state index contributed by atoms with van der Waals surface area (Å²) in [6.07, 6.45) is 2.10. The molecule has 1 aliphatic heterocycles. The predicted molar refractivity (Wildman–Crippen MR) is 105 cm³/mol. The van der Waals surface area contributed by atoms with Gasteiger partial charge in [0, 0.05) is 42.9 Å². The van der Waals surface area contributed by atoms with Crippen LogP contribution in [0.25, 0.3) is 0 Å². The number of rotatable bonds is 6. The molecular formula is C20H26BrN3. The van der Waals surface area contributed by atoms with Crippen LogP contribution in [0, 0.1) is 0 Å². The summed E-state index contributed by atoms with van der Waals surface area (Å²) in [5.74, 6) is 0. The normalized spacial score (nSPS) is 15.7. The molecule has 2 aromatic carbocycles. The molecule has 24 heavy (non-hydrogen) atoms. The summed E-state index contributed by atoms with van der Waals surface area (Å²) in [7, 11) is 0. The van der Waals surface area contributed by atoms with Gasteiger partial charge in [-0.05, 0) is 42.6 Å². The third kappa shape index (κ3) is 4.59. The topological polar surface area (TPSA) is 32.5 Å². The SMILES string of the molecule is NCCCc1ccc(Br)cc1N1CCN(Cc2ccccc2)CC1. The molecule has 0 unspecified atom stereocenters. The molecule has 0 atom stereocenters.